The number of ether oxygens (including phenoxy) is 1. The summed E-state index contributed by atoms with van der Waals surface area (Å²) >= 11 is 0. The second kappa shape index (κ2) is 10.2. The van der Waals surface area contributed by atoms with Gasteiger partial charge in [0.1, 0.15) is 5.82 Å². The molecule has 4 aromatic carbocycles. The molecule has 0 saturated heterocycles. The molecule has 1 nitrogen and oxygen atoms in total. The summed E-state index contributed by atoms with van der Waals surface area (Å²) < 4.78 is 84.1. The van der Waals surface area contributed by atoms with Gasteiger partial charge in [0, 0.05) is 5.56 Å². The molecule has 0 spiro atoms. The lowest BCUT2D eigenvalue weighted by molar-refractivity contribution is -0.276. The number of unbranched alkanes of at least 4 members (excludes halogenated alkanes) is 4. The van der Waals surface area contributed by atoms with E-state index < -0.39 is 29.6 Å². The van der Waals surface area contributed by atoms with Crippen LogP contribution in [0.5, 0.6) is 5.75 Å². The van der Waals surface area contributed by atoms with E-state index in [0.717, 1.165) is 23.6 Å². The van der Waals surface area contributed by atoms with Crippen LogP contribution in [0.25, 0.3) is 32.7 Å². The Labute approximate surface area is 199 Å². The number of fused-ring (bicyclic) bond motifs is 3. The molecule has 184 valence electrons. The summed E-state index contributed by atoms with van der Waals surface area (Å²) in [7, 11) is 0. The molecule has 7 heteroatoms. The first-order chi connectivity index (χ1) is 16.7. The van der Waals surface area contributed by atoms with E-state index in [-0.39, 0.29) is 11.1 Å². The van der Waals surface area contributed by atoms with Crippen molar-refractivity contribution < 1.29 is 31.1 Å². The Morgan fingerprint density at radius 3 is 2.00 bits per heavy atom. The molecule has 0 bridgehead atoms. The number of rotatable bonds is 8. The summed E-state index contributed by atoms with van der Waals surface area (Å²) in [6.07, 6.45) is 1.66. The van der Waals surface area contributed by atoms with Gasteiger partial charge in [-0.2, -0.15) is 0 Å². The zero-order valence-corrected chi connectivity index (χ0v) is 19.1. The predicted octanol–water partition coefficient (Wildman–Crippen LogP) is 9.49. The molecule has 0 fully saturated rings. The van der Waals surface area contributed by atoms with Gasteiger partial charge in [-0.1, -0.05) is 62.9 Å². The molecule has 35 heavy (non-hydrogen) atoms. The highest BCUT2D eigenvalue weighted by atomic mass is 19.4. The van der Waals surface area contributed by atoms with Crippen molar-refractivity contribution >= 4 is 21.5 Å². The molecule has 0 unspecified atom stereocenters. The Balaban J connectivity index is 1.66. The minimum Gasteiger partial charge on any atom is -0.399 e. The highest BCUT2D eigenvalue weighted by Gasteiger charge is 2.34. The average molecular weight is 490 g/mol. The second-order valence-electron chi connectivity index (χ2n) is 8.66. The van der Waals surface area contributed by atoms with Crippen molar-refractivity contribution in [3.8, 4) is 16.9 Å². The lowest BCUT2D eigenvalue weighted by atomic mass is 9.95. The summed E-state index contributed by atoms with van der Waals surface area (Å²) in [6, 6.07) is 13.7. The van der Waals surface area contributed by atoms with Crippen molar-refractivity contribution in [1.82, 2.24) is 0 Å². The second-order valence-corrected chi connectivity index (χ2v) is 8.66. The van der Waals surface area contributed by atoms with Crippen LogP contribution in [0.3, 0.4) is 0 Å². The van der Waals surface area contributed by atoms with E-state index in [4.69, 9.17) is 0 Å². The van der Waals surface area contributed by atoms with Gasteiger partial charge in [-0.05, 0) is 69.8 Å². The van der Waals surface area contributed by atoms with Crippen LogP contribution in [0.1, 0.15) is 44.6 Å². The molecule has 0 atom stereocenters. The third-order valence-corrected chi connectivity index (χ3v) is 6.08. The Morgan fingerprint density at radius 1 is 0.686 bits per heavy atom. The zero-order valence-electron chi connectivity index (χ0n) is 19.1. The smallest absolute Gasteiger partial charge is 0.399 e. The summed E-state index contributed by atoms with van der Waals surface area (Å²) in [6.45, 7) is 2.18. The van der Waals surface area contributed by atoms with Crippen molar-refractivity contribution in [3.63, 3.8) is 0 Å². The molecule has 0 radical (unpaired) electrons. The first kappa shape index (κ1) is 24.9. The van der Waals surface area contributed by atoms with E-state index in [1.165, 1.54) is 43.4 Å². The first-order valence-electron chi connectivity index (χ1n) is 11.6. The maximum absolute atomic E-state index is 15.1. The number of alkyl halides is 3. The van der Waals surface area contributed by atoms with Crippen LogP contribution in [0.15, 0.2) is 54.6 Å². The standard InChI is InChI=1S/C28H24F6O/c1-2-3-4-5-6-7-17-8-11-21-18(12-17)9-10-19-13-23(24(29)16-22(19)21)20-14-25(30)27(26(31)15-20)35-28(32,33)34/h8-16H,2-7H2,1H3. The Morgan fingerprint density at radius 2 is 1.34 bits per heavy atom. The van der Waals surface area contributed by atoms with Crippen LogP contribution in [-0.2, 0) is 6.42 Å². The molecular weight excluding hydrogens is 466 g/mol. The molecule has 0 aliphatic rings. The van der Waals surface area contributed by atoms with E-state index >= 15 is 4.39 Å². The van der Waals surface area contributed by atoms with Crippen LogP contribution < -0.4 is 4.74 Å². The van der Waals surface area contributed by atoms with E-state index in [0.29, 0.717) is 22.9 Å². The molecule has 0 N–H and O–H groups in total. The molecule has 0 aliphatic heterocycles. The Hall–Kier alpha value is -3.22. The summed E-state index contributed by atoms with van der Waals surface area (Å²) in [5.74, 6) is -5.46. The van der Waals surface area contributed by atoms with Gasteiger partial charge in [0.2, 0.25) is 5.75 Å². The van der Waals surface area contributed by atoms with Crippen molar-refractivity contribution in [2.24, 2.45) is 0 Å². The fourth-order valence-corrected chi connectivity index (χ4v) is 4.37. The van der Waals surface area contributed by atoms with Gasteiger partial charge in [-0.25, -0.2) is 13.2 Å². The van der Waals surface area contributed by atoms with Crippen molar-refractivity contribution in [2.45, 2.75) is 51.8 Å². The number of halogens is 6. The third-order valence-electron chi connectivity index (χ3n) is 6.08. The predicted molar refractivity (Wildman–Crippen MR) is 126 cm³/mol. The number of hydrogen-bond acceptors (Lipinski definition) is 1. The molecule has 4 aromatic rings. The molecule has 4 rings (SSSR count). The zero-order chi connectivity index (χ0) is 25.2. The highest BCUT2D eigenvalue weighted by molar-refractivity contribution is 6.08. The van der Waals surface area contributed by atoms with E-state index in [1.807, 2.05) is 18.2 Å². The number of hydrogen-bond donors (Lipinski definition) is 0. The minimum absolute atomic E-state index is 0.128. The van der Waals surface area contributed by atoms with Gasteiger partial charge in [0.15, 0.2) is 11.6 Å². The molecule has 0 amide bonds. The van der Waals surface area contributed by atoms with Crippen LogP contribution in [-0.4, -0.2) is 6.36 Å². The van der Waals surface area contributed by atoms with Gasteiger partial charge in [0.05, 0.1) is 0 Å². The van der Waals surface area contributed by atoms with Crippen LogP contribution >= 0.6 is 0 Å². The third kappa shape index (κ3) is 5.72. The SMILES string of the molecule is CCCCCCCc1ccc2c(ccc3cc(-c4cc(F)c(OC(F)(F)F)c(F)c4)c(F)cc32)c1. The molecule has 0 heterocycles. The summed E-state index contributed by atoms with van der Waals surface area (Å²) in [5.41, 5.74) is 0.849. The average Bonchev–Trinajstić information content (AvgIpc) is 2.80. The van der Waals surface area contributed by atoms with Gasteiger partial charge in [-0.15, -0.1) is 13.2 Å². The monoisotopic (exact) mass is 490 g/mol. The van der Waals surface area contributed by atoms with Gasteiger partial charge in [-0.3, -0.25) is 0 Å². The Kier molecular flexibility index (Phi) is 7.24. The fourth-order valence-electron chi connectivity index (χ4n) is 4.37. The van der Waals surface area contributed by atoms with Gasteiger partial charge in [0.25, 0.3) is 0 Å². The summed E-state index contributed by atoms with van der Waals surface area (Å²) in [4.78, 5) is 0. The number of aryl methyl sites for hydroxylation is 1. The maximum atomic E-state index is 15.1. The van der Waals surface area contributed by atoms with Crippen molar-refractivity contribution in [1.29, 1.82) is 0 Å². The van der Waals surface area contributed by atoms with Crippen molar-refractivity contribution in [3.05, 3.63) is 77.6 Å². The fraction of sp³-hybridized carbons (Fsp3) is 0.286. The normalized spacial score (nSPS) is 12.0. The van der Waals surface area contributed by atoms with Gasteiger partial charge >= 0.3 is 6.36 Å². The van der Waals surface area contributed by atoms with Crippen LogP contribution in [0.4, 0.5) is 26.3 Å². The lowest BCUT2D eigenvalue weighted by Crippen LogP contribution is -2.19. The summed E-state index contributed by atoms with van der Waals surface area (Å²) in [5, 5.41) is 3.07. The van der Waals surface area contributed by atoms with Crippen molar-refractivity contribution in [2.75, 3.05) is 0 Å². The van der Waals surface area contributed by atoms with Crippen LogP contribution in [0.2, 0.25) is 0 Å². The molecule has 0 aromatic heterocycles. The largest absolute Gasteiger partial charge is 0.573 e. The first-order valence-corrected chi connectivity index (χ1v) is 11.6. The minimum atomic E-state index is -5.26. The van der Waals surface area contributed by atoms with Crippen LogP contribution in [0, 0.1) is 17.5 Å². The molecule has 0 saturated carbocycles. The van der Waals surface area contributed by atoms with Gasteiger partial charge < -0.3 is 4.74 Å². The highest BCUT2D eigenvalue weighted by Crippen LogP contribution is 2.36. The topological polar surface area (TPSA) is 9.23 Å². The molecule has 0 aliphatic carbocycles. The Bertz CT molecular complexity index is 1340. The van der Waals surface area contributed by atoms with E-state index in [2.05, 4.69) is 17.7 Å². The van der Waals surface area contributed by atoms with E-state index in [9.17, 15) is 22.0 Å². The molecular formula is C28H24F6O. The lowest BCUT2D eigenvalue weighted by Gasteiger charge is -2.13. The van der Waals surface area contributed by atoms with E-state index in [1.54, 1.807) is 6.07 Å². The number of benzene rings is 4. The quantitative estimate of drug-likeness (QED) is 0.136. The maximum Gasteiger partial charge on any atom is 0.573 e.